The lowest BCUT2D eigenvalue weighted by molar-refractivity contribution is -0.251. The van der Waals surface area contributed by atoms with Gasteiger partial charge >= 0.3 is 0 Å². The lowest BCUT2D eigenvalue weighted by Crippen LogP contribution is -2.62. The van der Waals surface area contributed by atoms with E-state index in [-0.39, 0.29) is 5.91 Å². The number of hydrogen-bond acceptors (Lipinski definition) is 5. The third-order valence-electron chi connectivity index (χ3n) is 2.23. The smallest absolute Gasteiger partial charge is 0.217 e. The van der Waals surface area contributed by atoms with E-state index < -0.39 is 30.6 Å². The molecule has 0 saturated carbocycles. The molecule has 0 aromatic carbocycles. The van der Waals surface area contributed by atoms with E-state index >= 15 is 0 Å². The van der Waals surface area contributed by atoms with E-state index in [0.717, 1.165) is 0 Å². The zero-order valence-electron chi connectivity index (χ0n) is 8.04. The molecule has 1 amide bonds. The Morgan fingerprint density at radius 2 is 1.86 bits per heavy atom. The van der Waals surface area contributed by atoms with E-state index in [0.29, 0.717) is 0 Å². The lowest BCUT2D eigenvalue weighted by Gasteiger charge is -2.39. The van der Waals surface area contributed by atoms with Crippen molar-refractivity contribution >= 4 is 5.91 Å². The number of carbonyl (C=O) groups is 1. The molecule has 1 heterocycles. The summed E-state index contributed by atoms with van der Waals surface area (Å²) in [5.41, 5.74) is 0. The monoisotopic (exact) mass is 205 g/mol. The Hall–Kier alpha value is -0.690. The summed E-state index contributed by atoms with van der Waals surface area (Å²) in [5.74, 6) is -0.380. The van der Waals surface area contributed by atoms with Crippen LogP contribution in [-0.4, -0.2) is 51.9 Å². The number of hydrogen-bond donors (Lipinski definition) is 4. The highest BCUT2D eigenvalue weighted by atomic mass is 16.6. The zero-order chi connectivity index (χ0) is 10.9. The SMILES string of the molecule is CC(=O)N[C@H]1[C@@H](O)[C@@H](C)OC(O)[C@@H]1O. The summed E-state index contributed by atoms with van der Waals surface area (Å²) >= 11 is 0. The normalized spacial score (nSPS) is 43.4. The Labute approximate surface area is 81.5 Å². The Balaban J connectivity index is 2.71. The van der Waals surface area contributed by atoms with Gasteiger partial charge in [0.25, 0.3) is 0 Å². The van der Waals surface area contributed by atoms with Crippen LogP contribution in [0.15, 0.2) is 0 Å². The van der Waals surface area contributed by atoms with Crippen LogP contribution in [0.3, 0.4) is 0 Å². The van der Waals surface area contributed by atoms with Crippen molar-refractivity contribution in [1.82, 2.24) is 5.32 Å². The number of ether oxygens (including phenoxy) is 1. The van der Waals surface area contributed by atoms with Crippen LogP contribution < -0.4 is 5.32 Å². The quantitative estimate of drug-likeness (QED) is 0.395. The summed E-state index contributed by atoms with van der Waals surface area (Å²) in [5, 5.41) is 30.6. The molecule has 0 aromatic heterocycles. The van der Waals surface area contributed by atoms with Crippen LogP contribution >= 0.6 is 0 Å². The summed E-state index contributed by atoms with van der Waals surface area (Å²) in [6, 6.07) is -0.897. The fourth-order valence-corrected chi connectivity index (χ4v) is 1.46. The Morgan fingerprint density at radius 3 is 2.36 bits per heavy atom. The number of carbonyl (C=O) groups excluding carboxylic acids is 1. The summed E-state index contributed by atoms with van der Waals surface area (Å²) in [6.45, 7) is 2.82. The van der Waals surface area contributed by atoms with Gasteiger partial charge in [0, 0.05) is 6.92 Å². The molecule has 1 unspecified atom stereocenters. The van der Waals surface area contributed by atoms with Gasteiger partial charge < -0.3 is 25.4 Å². The molecule has 0 aliphatic carbocycles. The van der Waals surface area contributed by atoms with E-state index in [1.54, 1.807) is 6.92 Å². The second-order valence-corrected chi connectivity index (χ2v) is 3.44. The predicted molar refractivity (Wildman–Crippen MR) is 46.2 cm³/mol. The summed E-state index contributed by atoms with van der Waals surface area (Å²) < 4.78 is 4.83. The molecule has 5 atom stereocenters. The fourth-order valence-electron chi connectivity index (χ4n) is 1.46. The minimum atomic E-state index is -1.38. The van der Waals surface area contributed by atoms with Crippen molar-refractivity contribution in [2.24, 2.45) is 0 Å². The largest absolute Gasteiger partial charge is 0.388 e. The van der Waals surface area contributed by atoms with Crippen molar-refractivity contribution in [1.29, 1.82) is 0 Å². The summed E-state index contributed by atoms with van der Waals surface area (Å²) in [4.78, 5) is 10.8. The molecule has 1 fully saturated rings. The molecule has 1 rings (SSSR count). The second-order valence-electron chi connectivity index (χ2n) is 3.44. The molecule has 82 valence electrons. The maximum atomic E-state index is 10.8. The van der Waals surface area contributed by atoms with Gasteiger partial charge in [0.1, 0.15) is 12.2 Å². The third-order valence-corrected chi connectivity index (χ3v) is 2.23. The number of nitrogens with one attached hydrogen (secondary N) is 1. The van der Waals surface area contributed by atoms with E-state index in [4.69, 9.17) is 4.74 Å². The maximum absolute atomic E-state index is 10.8. The molecule has 0 spiro atoms. The molecule has 1 aliphatic rings. The Morgan fingerprint density at radius 1 is 1.29 bits per heavy atom. The van der Waals surface area contributed by atoms with Gasteiger partial charge in [-0.3, -0.25) is 4.79 Å². The molecule has 1 saturated heterocycles. The van der Waals surface area contributed by atoms with Crippen LogP contribution in [0.5, 0.6) is 0 Å². The van der Waals surface area contributed by atoms with Gasteiger partial charge in [0.15, 0.2) is 6.29 Å². The molecule has 1 aliphatic heterocycles. The lowest BCUT2D eigenvalue weighted by atomic mass is 9.97. The first-order valence-corrected chi connectivity index (χ1v) is 4.40. The van der Waals surface area contributed by atoms with E-state index in [9.17, 15) is 20.1 Å². The van der Waals surface area contributed by atoms with E-state index in [1.807, 2.05) is 0 Å². The van der Waals surface area contributed by atoms with Crippen LogP contribution in [0.25, 0.3) is 0 Å². The van der Waals surface area contributed by atoms with Crippen molar-refractivity contribution in [3.63, 3.8) is 0 Å². The zero-order valence-corrected chi connectivity index (χ0v) is 8.04. The van der Waals surface area contributed by atoms with Crippen LogP contribution in [0, 0.1) is 0 Å². The van der Waals surface area contributed by atoms with Crippen molar-refractivity contribution in [2.75, 3.05) is 0 Å². The van der Waals surface area contributed by atoms with Crippen molar-refractivity contribution in [3.05, 3.63) is 0 Å². The molecule has 0 radical (unpaired) electrons. The van der Waals surface area contributed by atoms with Crippen LogP contribution in [-0.2, 0) is 9.53 Å². The van der Waals surface area contributed by atoms with Gasteiger partial charge in [-0.2, -0.15) is 0 Å². The fraction of sp³-hybridized carbons (Fsp3) is 0.875. The number of aliphatic hydroxyl groups excluding tert-OH is 3. The van der Waals surface area contributed by atoms with Gasteiger partial charge in [-0.25, -0.2) is 0 Å². The van der Waals surface area contributed by atoms with Crippen molar-refractivity contribution < 1.29 is 24.9 Å². The minimum Gasteiger partial charge on any atom is -0.388 e. The van der Waals surface area contributed by atoms with Gasteiger partial charge in [0.05, 0.1) is 12.1 Å². The van der Waals surface area contributed by atoms with Crippen molar-refractivity contribution in [2.45, 2.75) is 44.5 Å². The third kappa shape index (κ3) is 2.21. The first-order chi connectivity index (χ1) is 6.43. The summed E-state index contributed by atoms with van der Waals surface area (Å²) in [6.07, 6.45) is -4.36. The minimum absolute atomic E-state index is 0.380. The molecule has 4 N–H and O–H groups in total. The molecule has 0 bridgehead atoms. The van der Waals surface area contributed by atoms with Gasteiger partial charge in [-0.1, -0.05) is 0 Å². The average Bonchev–Trinajstić information content (AvgIpc) is 2.09. The standard InChI is InChI=1S/C8H15NO5/c1-3-6(11)5(9-4(2)10)7(12)8(13)14-3/h3,5-8,11-13H,1-2H3,(H,9,10)/t3-,5+,6+,7-,8?/m1/s1. The number of aliphatic hydroxyl groups is 3. The molecule has 6 nitrogen and oxygen atoms in total. The first-order valence-electron chi connectivity index (χ1n) is 4.40. The topological polar surface area (TPSA) is 99.0 Å². The molecule has 14 heavy (non-hydrogen) atoms. The van der Waals surface area contributed by atoms with Gasteiger partial charge in [-0.15, -0.1) is 0 Å². The van der Waals surface area contributed by atoms with E-state index in [1.165, 1.54) is 6.92 Å². The van der Waals surface area contributed by atoms with Crippen molar-refractivity contribution in [3.8, 4) is 0 Å². The second kappa shape index (κ2) is 4.22. The maximum Gasteiger partial charge on any atom is 0.217 e. The van der Waals surface area contributed by atoms with Crippen LogP contribution in [0.1, 0.15) is 13.8 Å². The van der Waals surface area contributed by atoms with Gasteiger partial charge in [0.2, 0.25) is 5.91 Å². The highest BCUT2D eigenvalue weighted by Crippen LogP contribution is 2.19. The molecular weight excluding hydrogens is 190 g/mol. The van der Waals surface area contributed by atoms with Crippen LogP contribution in [0.2, 0.25) is 0 Å². The Kier molecular flexibility index (Phi) is 3.43. The molecule has 6 heteroatoms. The average molecular weight is 205 g/mol. The molecule has 0 aromatic rings. The highest BCUT2D eigenvalue weighted by Gasteiger charge is 2.42. The van der Waals surface area contributed by atoms with Gasteiger partial charge in [-0.05, 0) is 6.92 Å². The highest BCUT2D eigenvalue weighted by molar-refractivity contribution is 5.73. The number of rotatable bonds is 1. The number of amides is 1. The predicted octanol–water partition coefficient (Wildman–Crippen LogP) is -2.05. The Bertz CT molecular complexity index is 208. The van der Waals surface area contributed by atoms with Crippen LogP contribution in [0.4, 0.5) is 0 Å². The molecular formula is C8H15NO5. The van der Waals surface area contributed by atoms with E-state index in [2.05, 4.69) is 5.32 Å². The first kappa shape index (κ1) is 11.4. The summed E-state index contributed by atoms with van der Waals surface area (Å²) in [7, 11) is 0.